The van der Waals surface area contributed by atoms with Crippen molar-refractivity contribution >= 4 is 11.5 Å². The van der Waals surface area contributed by atoms with Gasteiger partial charge in [0.15, 0.2) is 0 Å². The maximum atomic E-state index is 5.93. The molecule has 0 amide bonds. The first kappa shape index (κ1) is 12.2. The van der Waals surface area contributed by atoms with Crippen LogP contribution in [0.1, 0.15) is 18.4 Å². The molecule has 1 aliphatic heterocycles. The number of nitrogens with one attached hydrogen (secondary N) is 1. The molecule has 0 radical (unpaired) electrons. The Morgan fingerprint density at radius 3 is 2.82 bits per heavy atom. The van der Waals surface area contributed by atoms with E-state index in [-0.39, 0.29) is 0 Å². The fourth-order valence-corrected chi connectivity index (χ4v) is 2.25. The maximum Gasteiger partial charge on any atom is 0.149 e. The molecule has 94 valence electrons. The largest absolute Gasteiger partial charge is 0.396 e. The van der Waals surface area contributed by atoms with Crippen molar-refractivity contribution in [1.82, 2.24) is 9.88 Å². The summed E-state index contributed by atoms with van der Waals surface area (Å²) in [6, 6.07) is 1.96. The predicted molar refractivity (Wildman–Crippen MR) is 72.1 cm³/mol. The quantitative estimate of drug-likeness (QED) is 0.836. The average molecular weight is 234 g/mol. The molecule has 1 aromatic heterocycles. The Morgan fingerprint density at radius 2 is 2.18 bits per heavy atom. The number of hydrogen-bond acceptors (Lipinski definition) is 4. The molecule has 2 heterocycles. The van der Waals surface area contributed by atoms with E-state index < -0.39 is 0 Å². The van der Waals surface area contributed by atoms with Gasteiger partial charge in [-0.3, -0.25) is 0 Å². The Labute approximate surface area is 103 Å². The highest BCUT2D eigenvalue weighted by molar-refractivity contribution is 5.61. The molecule has 0 spiro atoms. The second-order valence-electron chi connectivity index (χ2n) is 5.08. The normalized spacial score (nSPS) is 18.2. The molecule has 1 saturated heterocycles. The number of hydrogen-bond donors (Lipinski definition) is 2. The van der Waals surface area contributed by atoms with E-state index in [2.05, 4.69) is 22.2 Å². The molecule has 4 heteroatoms. The lowest BCUT2D eigenvalue weighted by Gasteiger charge is -2.29. The van der Waals surface area contributed by atoms with Crippen molar-refractivity contribution in [2.75, 3.05) is 37.7 Å². The highest BCUT2D eigenvalue weighted by Crippen LogP contribution is 2.19. The van der Waals surface area contributed by atoms with Crippen molar-refractivity contribution in [3.05, 3.63) is 17.8 Å². The van der Waals surface area contributed by atoms with E-state index in [0.717, 1.165) is 29.5 Å². The van der Waals surface area contributed by atoms with Crippen LogP contribution in [-0.2, 0) is 0 Å². The SMILES string of the molecule is Cc1cnc(NCC2CCN(C)CC2)c(N)c1. The first-order valence-electron chi connectivity index (χ1n) is 6.29. The Hall–Kier alpha value is -1.29. The minimum atomic E-state index is 0.744. The van der Waals surface area contributed by atoms with E-state index in [0.29, 0.717) is 0 Å². The van der Waals surface area contributed by atoms with Gasteiger partial charge in [-0.1, -0.05) is 0 Å². The summed E-state index contributed by atoms with van der Waals surface area (Å²) in [5, 5.41) is 3.37. The summed E-state index contributed by atoms with van der Waals surface area (Å²) in [5.41, 5.74) is 7.78. The van der Waals surface area contributed by atoms with E-state index in [1.807, 2.05) is 19.2 Å². The summed E-state index contributed by atoms with van der Waals surface area (Å²) >= 11 is 0. The van der Waals surface area contributed by atoms with Crippen LogP contribution in [0, 0.1) is 12.8 Å². The second kappa shape index (κ2) is 5.36. The number of pyridine rings is 1. The molecule has 1 fully saturated rings. The van der Waals surface area contributed by atoms with Gasteiger partial charge in [0.25, 0.3) is 0 Å². The molecule has 0 aromatic carbocycles. The Bertz CT molecular complexity index is 370. The molecule has 1 aliphatic rings. The molecule has 1 aromatic rings. The topological polar surface area (TPSA) is 54.2 Å². The first-order valence-corrected chi connectivity index (χ1v) is 6.29. The Balaban J connectivity index is 1.85. The van der Waals surface area contributed by atoms with Crippen molar-refractivity contribution in [3.8, 4) is 0 Å². The van der Waals surface area contributed by atoms with Gasteiger partial charge in [-0.2, -0.15) is 0 Å². The minimum absolute atomic E-state index is 0.744. The second-order valence-corrected chi connectivity index (χ2v) is 5.08. The van der Waals surface area contributed by atoms with E-state index in [1.54, 1.807) is 0 Å². The van der Waals surface area contributed by atoms with Crippen molar-refractivity contribution in [2.45, 2.75) is 19.8 Å². The van der Waals surface area contributed by atoms with E-state index in [4.69, 9.17) is 5.73 Å². The van der Waals surface area contributed by atoms with Gasteiger partial charge >= 0.3 is 0 Å². The molecule has 0 atom stereocenters. The minimum Gasteiger partial charge on any atom is -0.396 e. The number of nitrogen functional groups attached to an aromatic ring is 1. The Morgan fingerprint density at radius 1 is 1.47 bits per heavy atom. The number of aromatic nitrogens is 1. The first-order chi connectivity index (χ1) is 8.15. The molecule has 0 bridgehead atoms. The zero-order valence-corrected chi connectivity index (χ0v) is 10.7. The lowest BCUT2D eigenvalue weighted by molar-refractivity contribution is 0.226. The van der Waals surface area contributed by atoms with Crippen molar-refractivity contribution in [2.24, 2.45) is 5.92 Å². The van der Waals surface area contributed by atoms with Crippen LogP contribution in [0.4, 0.5) is 11.5 Å². The van der Waals surface area contributed by atoms with E-state index >= 15 is 0 Å². The van der Waals surface area contributed by atoms with Crippen molar-refractivity contribution < 1.29 is 0 Å². The molecule has 2 rings (SSSR count). The molecule has 0 aliphatic carbocycles. The number of anilines is 2. The number of nitrogens with zero attached hydrogens (tertiary/aromatic N) is 2. The number of aryl methyl sites for hydroxylation is 1. The predicted octanol–water partition coefficient (Wildman–Crippen LogP) is 1.73. The van der Waals surface area contributed by atoms with Gasteiger partial charge in [0.1, 0.15) is 5.82 Å². The molecule has 0 unspecified atom stereocenters. The number of piperidine rings is 1. The molecular weight excluding hydrogens is 212 g/mol. The average Bonchev–Trinajstić information content (AvgIpc) is 2.30. The van der Waals surface area contributed by atoms with Crippen LogP contribution >= 0.6 is 0 Å². The standard InChI is InChI=1S/C13H22N4/c1-10-7-12(14)13(15-8-10)16-9-11-3-5-17(2)6-4-11/h7-8,11H,3-6,9,14H2,1-2H3,(H,15,16). The summed E-state index contributed by atoms with van der Waals surface area (Å²) in [4.78, 5) is 6.71. The van der Waals surface area contributed by atoms with Crippen molar-refractivity contribution in [1.29, 1.82) is 0 Å². The van der Waals surface area contributed by atoms with Gasteiger partial charge in [0.05, 0.1) is 5.69 Å². The summed E-state index contributed by atoms with van der Waals surface area (Å²) in [7, 11) is 2.18. The van der Waals surface area contributed by atoms with Gasteiger partial charge in [-0.15, -0.1) is 0 Å². The Kier molecular flexibility index (Phi) is 3.84. The number of likely N-dealkylation sites (tertiary alicyclic amines) is 1. The summed E-state index contributed by atoms with van der Waals surface area (Å²) in [5.74, 6) is 1.57. The van der Waals surface area contributed by atoms with Gasteiger partial charge in [0, 0.05) is 12.7 Å². The smallest absolute Gasteiger partial charge is 0.149 e. The summed E-state index contributed by atoms with van der Waals surface area (Å²) in [6.45, 7) is 5.38. The van der Waals surface area contributed by atoms with Gasteiger partial charge < -0.3 is 16.0 Å². The fraction of sp³-hybridized carbons (Fsp3) is 0.615. The van der Waals surface area contributed by atoms with Crippen LogP contribution in [-0.4, -0.2) is 36.6 Å². The third kappa shape index (κ3) is 3.33. The van der Waals surface area contributed by atoms with Crippen molar-refractivity contribution in [3.63, 3.8) is 0 Å². The van der Waals surface area contributed by atoms with Crippen LogP contribution in [0.2, 0.25) is 0 Å². The van der Waals surface area contributed by atoms with Crippen LogP contribution in [0.25, 0.3) is 0 Å². The van der Waals surface area contributed by atoms with Gasteiger partial charge in [-0.05, 0) is 57.5 Å². The number of rotatable bonds is 3. The van der Waals surface area contributed by atoms with Gasteiger partial charge in [0.2, 0.25) is 0 Å². The molecule has 3 N–H and O–H groups in total. The van der Waals surface area contributed by atoms with E-state index in [1.165, 1.54) is 25.9 Å². The third-order valence-electron chi connectivity index (χ3n) is 3.45. The van der Waals surface area contributed by atoms with E-state index in [9.17, 15) is 0 Å². The lowest BCUT2D eigenvalue weighted by Crippen LogP contribution is -2.33. The monoisotopic (exact) mass is 234 g/mol. The fourth-order valence-electron chi connectivity index (χ4n) is 2.25. The van der Waals surface area contributed by atoms with Gasteiger partial charge in [-0.25, -0.2) is 4.98 Å². The van der Waals surface area contributed by atoms with Crippen LogP contribution in [0.3, 0.4) is 0 Å². The molecule has 17 heavy (non-hydrogen) atoms. The zero-order chi connectivity index (χ0) is 12.3. The summed E-state index contributed by atoms with van der Waals surface area (Å²) < 4.78 is 0. The lowest BCUT2D eigenvalue weighted by atomic mass is 9.97. The van der Waals surface area contributed by atoms with Crippen LogP contribution in [0.15, 0.2) is 12.3 Å². The summed E-state index contributed by atoms with van der Waals surface area (Å²) in [6.07, 6.45) is 4.37. The maximum absolute atomic E-state index is 5.93. The number of nitrogens with two attached hydrogens (primary N) is 1. The molecular formula is C13H22N4. The zero-order valence-electron chi connectivity index (χ0n) is 10.7. The van der Waals surface area contributed by atoms with Crippen LogP contribution < -0.4 is 11.1 Å². The molecule has 4 nitrogen and oxygen atoms in total. The van der Waals surface area contributed by atoms with Crippen LogP contribution in [0.5, 0.6) is 0 Å². The molecule has 0 saturated carbocycles. The highest BCUT2D eigenvalue weighted by Gasteiger charge is 2.16. The highest BCUT2D eigenvalue weighted by atomic mass is 15.1. The third-order valence-corrected chi connectivity index (χ3v) is 3.45.